The summed E-state index contributed by atoms with van der Waals surface area (Å²) < 4.78 is 35.6. The maximum atomic E-state index is 11.9. The number of para-hydroxylation sites is 2. The largest absolute Gasteiger partial charge is 0.405 e. The molecule has 2 rings (SSSR count). The van der Waals surface area contributed by atoms with Gasteiger partial charge in [-0.25, -0.2) is 9.78 Å². The van der Waals surface area contributed by atoms with Crippen molar-refractivity contribution in [3.8, 4) is 0 Å². The molecule has 5 nitrogen and oxygen atoms in total. The lowest BCUT2D eigenvalue weighted by atomic mass is 10.3. The Kier molecular flexibility index (Phi) is 4.11. The van der Waals surface area contributed by atoms with Crippen LogP contribution in [0.4, 0.5) is 18.0 Å². The molecule has 0 bridgehead atoms. The van der Waals surface area contributed by atoms with Crippen LogP contribution in [0, 0.1) is 0 Å². The number of halogens is 3. The van der Waals surface area contributed by atoms with E-state index in [0.29, 0.717) is 12.2 Å². The van der Waals surface area contributed by atoms with Crippen molar-refractivity contribution in [1.82, 2.24) is 20.6 Å². The van der Waals surface area contributed by atoms with Crippen molar-refractivity contribution in [2.75, 3.05) is 13.1 Å². The molecule has 0 radical (unpaired) electrons. The molecule has 1 aromatic heterocycles. The maximum Gasteiger partial charge on any atom is 0.405 e. The summed E-state index contributed by atoms with van der Waals surface area (Å²) in [5.41, 5.74) is 1.69. The summed E-state index contributed by atoms with van der Waals surface area (Å²) in [4.78, 5) is 18.4. The smallest absolute Gasteiger partial charge is 0.342 e. The first-order valence-corrected chi connectivity index (χ1v) is 5.96. The third-order valence-electron chi connectivity index (χ3n) is 2.54. The quantitative estimate of drug-likeness (QED) is 0.804. The molecule has 0 aliphatic heterocycles. The van der Waals surface area contributed by atoms with Crippen molar-refractivity contribution >= 4 is 17.1 Å². The highest BCUT2D eigenvalue weighted by atomic mass is 19.4. The monoisotopic (exact) mass is 286 g/mol. The standard InChI is InChI=1S/C12H13F3N4O/c13-12(14,15)7-17-11(20)16-6-5-10-18-8-3-1-2-4-9(8)19-10/h1-4H,5-7H2,(H,18,19)(H2,16,17,20). The molecule has 0 aliphatic rings. The van der Waals surface area contributed by atoms with Crippen LogP contribution in [0.2, 0.25) is 0 Å². The number of alkyl halides is 3. The van der Waals surface area contributed by atoms with Crippen molar-refractivity contribution in [2.24, 2.45) is 0 Å². The van der Waals surface area contributed by atoms with Gasteiger partial charge in [-0.3, -0.25) is 0 Å². The van der Waals surface area contributed by atoms with E-state index < -0.39 is 18.8 Å². The van der Waals surface area contributed by atoms with E-state index in [1.165, 1.54) is 0 Å². The summed E-state index contributed by atoms with van der Waals surface area (Å²) >= 11 is 0. The molecule has 0 saturated carbocycles. The Morgan fingerprint density at radius 1 is 1.25 bits per heavy atom. The fourth-order valence-corrected chi connectivity index (χ4v) is 1.66. The minimum atomic E-state index is -4.41. The van der Waals surface area contributed by atoms with E-state index in [0.717, 1.165) is 11.0 Å². The lowest BCUT2D eigenvalue weighted by molar-refractivity contribution is -0.122. The molecule has 20 heavy (non-hydrogen) atoms. The van der Waals surface area contributed by atoms with Crippen molar-refractivity contribution < 1.29 is 18.0 Å². The van der Waals surface area contributed by atoms with Crippen LogP contribution in [0.5, 0.6) is 0 Å². The molecule has 108 valence electrons. The molecule has 0 fully saturated rings. The topological polar surface area (TPSA) is 69.8 Å². The van der Waals surface area contributed by atoms with Crippen LogP contribution in [0.15, 0.2) is 24.3 Å². The number of hydrogen-bond acceptors (Lipinski definition) is 2. The molecule has 1 heterocycles. The average molecular weight is 286 g/mol. The first kappa shape index (κ1) is 14.2. The molecule has 0 atom stereocenters. The molecule has 2 aromatic rings. The number of nitrogens with zero attached hydrogens (tertiary/aromatic N) is 1. The zero-order valence-corrected chi connectivity index (χ0v) is 10.4. The van der Waals surface area contributed by atoms with Gasteiger partial charge in [-0.2, -0.15) is 13.2 Å². The Balaban J connectivity index is 1.76. The number of nitrogens with one attached hydrogen (secondary N) is 3. The van der Waals surface area contributed by atoms with Crippen molar-refractivity contribution in [2.45, 2.75) is 12.6 Å². The highest BCUT2D eigenvalue weighted by Crippen LogP contribution is 2.12. The number of aromatic nitrogens is 2. The van der Waals surface area contributed by atoms with Crippen LogP contribution in [0.3, 0.4) is 0 Å². The second kappa shape index (κ2) is 5.81. The number of rotatable bonds is 4. The van der Waals surface area contributed by atoms with E-state index in [1.54, 1.807) is 5.32 Å². The van der Waals surface area contributed by atoms with Gasteiger partial charge in [0, 0.05) is 13.0 Å². The average Bonchev–Trinajstić information content (AvgIpc) is 2.78. The predicted octanol–water partition coefficient (Wildman–Crippen LogP) is 1.97. The number of fused-ring (bicyclic) bond motifs is 1. The van der Waals surface area contributed by atoms with Crippen LogP contribution in [-0.2, 0) is 6.42 Å². The number of imidazole rings is 1. The Labute approximate surface area is 112 Å². The number of amides is 2. The van der Waals surface area contributed by atoms with Gasteiger partial charge in [0.1, 0.15) is 12.4 Å². The zero-order chi connectivity index (χ0) is 14.6. The normalized spacial score (nSPS) is 11.6. The summed E-state index contributed by atoms with van der Waals surface area (Å²) in [5, 5.41) is 4.07. The van der Waals surface area contributed by atoms with E-state index in [4.69, 9.17) is 0 Å². The van der Waals surface area contributed by atoms with E-state index in [1.807, 2.05) is 24.3 Å². The van der Waals surface area contributed by atoms with Gasteiger partial charge < -0.3 is 15.6 Å². The van der Waals surface area contributed by atoms with Gasteiger partial charge in [0.05, 0.1) is 11.0 Å². The van der Waals surface area contributed by atoms with E-state index in [2.05, 4.69) is 15.3 Å². The van der Waals surface area contributed by atoms with Gasteiger partial charge in [0.2, 0.25) is 0 Å². The number of carbonyl (C=O) groups excluding carboxylic acids is 1. The van der Waals surface area contributed by atoms with Gasteiger partial charge in [-0.15, -0.1) is 0 Å². The second-order valence-corrected chi connectivity index (χ2v) is 4.18. The lowest BCUT2D eigenvalue weighted by Gasteiger charge is -2.09. The Bertz CT molecular complexity index is 561. The van der Waals surface area contributed by atoms with Gasteiger partial charge in [0.25, 0.3) is 0 Å². The molecule has 0 spiro atoms. The van der Waals surface area contributed by atoms with Crippen molar-refractivity contribution in [1.29, 1.82) is 0 Å². The Hall–Kier alpha value is -2.25. The highest BCUT2D eigenvalue weighted by molar-refractivity contribution is 5.75. The van der Waals surface area contributed by atoms with Gasteiger partial charge in [0.15, 0.2) is 0 Å². The Morgan fingerprint density at radius 2 is 2.00 bits per heavy atom. The molecule has 2 amide bonds. The van der Waals surface area contributed by atoms with E-state index in [-0.39, 0.29) is 6.54 Å². The SMILES string of the molecule is O=C(NCCc1nc2ccccc2[nH]1)NCC(F)(F)F. The van der Waals surface area contributed by atoms with Gasteiger partial charge in [-0.1, -0.05) is 12.1 Å². The Morgan fingerprint density at radius 3 is 2.70 bits per heavy atom. The fraction of sp³-hybridized carbons (Fsp3) is 0.333. The molecule has 0 aliphatic carbocycles. The molecule has 8 heteroatoms. The minimum absolute atomic E-state index is 0.198. The van der Waals surface area contributed by atoms with Crippen LogP contribution < -0.4 is 10.6 Å². The molecule has 1 aromatic carbocycles. The predicted molar refractivity (Wildman–Crippen MR) is 67.3 cm³/mol. The zero-order valence-electron chi connectivity index (χ0n) is 10.4. The molecular weight excluding hydrogens is 273 g/mol. The van der Waals surface area contributed by atoms with Crippen LogP contribution in [-0.4, -0.2) is 35.3 Å². The van der Waals surface area contributed by atoms with E-state index in [9.17, 15) is 18.0 Å². The van der Waals surface area contributed by atoms with Crippen LogP contribution in [0.1, 0.15) is 5.82 Å². The maximum absolute atomic E-state index is 11.9. The number of hydrogen-bond donors (Lipinski definition) is 3. The summed E-state index contributed by atoms with van der Waals surface area (Å²) in [6.45, 7) is -1.15. The third kappa shape index (κ3) is 4.15. The van der Waals surface area contributed by atoms with Crippen LogP contribution >= 0.6 is 0 Å². The third-order valence-corrected chi connectivity index (χ3v) is 2.54. The summed E-state index contributed by atoms with van der Waals surface area (Å²) in [6, 6.07) is 6.59. The fourth-order valence-electron chi connectivity index (χ4n) is 1.66. The summed E-state index contributed by atoms with van der Waals surface area (Å²) in [7, 11) is 0. The van der Waals surface area contributed by atoms with Gasteiger partial charge in [-0.05, 0) is 12.1 Å². The summed E-state index contributed by atoms with van der Waals surface area (Å²) in [6.07, 6.45) is -4.00. The van der Waals surface area contributed by atoms with Crippen molar-refractivity contribution in [3.05, 3.63) is 30.1 Å². The van der Waals surface area contributed by atoms with Crippen molar-refractivity contribution in [3.63, 3.8) is 0 Å². The highest BCUT2D eigenvalue weighted by Gasteiger charge is 2.27. The first-order chi connectivity index (χ1) is 9.44. The number of urea groups is 1. The molecule has 0 saturated heterocycles. The minimum Gasteiger partial charge on any atom is -0.342 e. The molecular formula is C12H13F3N4O. The molecule has 0 unspecified atom stereocenters. The number of benzene rings is 1. The number of H-pyrrole nitrogens is 1. The number of aromatic amines is 1. The summed E-state index contributed by atoms with van der Waals surface area (Å²) in [5.74, 6) is 0.669. The first-order valence-electron chi connectivity index (χ1n) is 5.96. The van der Waals surface area contributed by atoms with Crippen LogP contribution in [0.25, 0.3) is 11.0 Å². The number of carbonyl (C=O) groups is 1. The van der Waals surface area contributed by atoms with Gasteiger partial charge >= 0.3 is 12.2 Å². The molecule has 3 N–H and O–H groups in total. The van der Waals surface area contributed by atoms with E-state index >= 15 is 0 Å². The second-order valence-electron chi connectivity index (χ2n) is 4.18. The lowest BCUT2D eigenvalue weighted by Crippen LogP contribution is -2.41.